The summed E-state index contributed by atoms with van der Waals surface area (Å²) < 4.78 is 46.5. The fourth-order valence-corrected chi connectivity index (χ4v) is 4.53. The Bertz CT molecular complexity index is 1480. The topological polar surface area (TPSA) is 98.1 Å². The Morgan fingerprint density at radius 2 is 1.69 bits per heavy atom. The summed E-state index contributed by atoms with van der Waals surface area (Å²) in [5.74, 6) is -0.344. The number of ether oxygens (including phenoxy) is 1. The number of carbonyl (C=O) groups excluding carboxylic acids is 2. The highest BCUT2D eigenvalue weighted by Gasteiger charge is 2.33. The quantitative estimate of drug-likeness (QED) is 0.252. The van der Waals surface area contributed by atoms with Crippen molar-refractivity contribution in [2.24, 2.45) is 0 Å². The fourth-order valence-electron chi connectivity index (χ4n) is 3.54. The molecule has 0 radical (unpaired) electrons. The number of amides is 2. The van der Waals surface area contributed by atoms with E-state index in [1.54, 1.807) is 53.1 Å². The molecule has 4 rings (SSSR count). The highest BCUT2D eigenvalue weighted by Crippen LogP contribution is 2.35. The first kappa shape index (κ1) is 28.0. The molecule has 0 unspecified atom stereocenters. The molecule has 0 saturated heterocycles. The van der Waals surface area contributed by atoms with Crippen LogP contribution in [0.15, 0.2) is 78.0 Å². The molecule has 8 nitrogen and oxygen atoms in total. The van der Waals surface area contributed by atoms with Crippen LogP contribution in [0.2, 0.25) is 5.02 Å². The monoisotopic (exact) mass is 575 g/mol. The predicted molar refractivity (Wildman–Crippen MR) is 141 cm³/mol. The number of aromatic nitrogens is 3. The molecule has 39 heavy (non-hydrogen) atoms. The molecule has 0 spiro atoms. The number of alkyl halides is 3. The van der Waals surface area contributed by atoms with E-state index in [0.29, 0.717) is 27.8 Å². The van der Waals surface area contributed by atoms with E-state index >= 15 is 0 Å². The molecule has 0 aliphatic carbocycles. The summed E-state index contributed by atoms with van der Waals surface area (Å²) in [6, 6.07) is 18.1. The van der Waals surface area contributed by atoms with Gasteiger partial charge >= 0.3 is 6.18 Å². The maximum Gasteiger partial charge on any atom is 0.418 e. The van der Waals surface area contributed by atoms with Crippen molar-refractivity contribution in [2.45, 2.75) is 17.9 Å². The Hall–Kier alpha value is -4.03. The molecule has 0 aliphatic heterocycles. The van der Waals surface area contributed by atoms with Gasteiger partial charge in [0.25, 0.3) is 5.91 Å². The van der Waals surface area contributed by atoms with Gasteiger partial charge in [0.1, 0.15) is 5.75 Å². The van der Waals surface area contributed by atoms with Gasteiger partial charge in [0.15, 0.2) is 11.0 Å². The van der Waals surface area contributed by atoms with E-state index in [2.05, 4.69) is 20.8 Å². The fraction of sp³-hybridized carbons (Fsp3) is 0.154. The number of para-hydroxylation sites is 2. The molecule has 202 valence electrons. The van der Waals surface area contributed by atoms with Gasteiger partial charge in [0, 0.05) is 5.56 Å². The minimum atomic E-state index is -4.62. The zero-order valence-corrected chi connectivity index (χ0v) is 21.9. The lowest BCUT2D eigenvalue weighted by atomic mass is 10.1. The van der Waals surface area contributed by atoms with Crippen LogP contribution in [0, 0.1) is 0 Å². The largest absolute Gasteiger partial charge is 0.497 e. The van der Waals surface area contributed by atoms with E-state index in [4.69, 9.17) is 16.3 Å². The first-order chi connectivity index (χ1) is 18.7. The van der Waals surface area contributed by atoms with Crippen LogP contribution in [-0.2, 0) is 17.5 Å². The number of hydrogen-bond acceptors (Lipinski definition) is 6. The number of hydrogen-bond donors (Lipinski definition) is 2. The molecule has 0 saturated carbocycles. The predicted octanol–water partition coefficient (Wildman–Crippen LogP) is 5.61. The normalized spacial score (nSPS) is 11.2. The number of nitrogens with one attached hydrogen (secondary N) is 2. The van der Waals surface area contributed by atoms with E-state index < -0.39 is 17.6 Å². The zero-order chi connectivity index (χ0) is 28.0. The van der Waals surface area contributed by atoms with E-state index in [0.717, 1.165) is 17.8 Å². The SMILES string of the molecule is COc1ccc(C(=O)NCc2nnc(SCC(=O)Nc3ccccc3C(F)(F)F)n2-c2ccccc2Cl)cc1. The number of carbonyl (C=O) groups is 2. The standard InChI is InChI=1S/C26H21ClF3N5O3S/c1-38-17-12-10-16(11-13-17)24(37)31-14-22-33-34-25(35(22)21-9-5-3-7-19(21)27)39-15-23(36)32-20-8-4-2-6-18(20)26(28,29)30/h2-13H,14-15H2,1H3,(H,31,37)(H,32,36). The molecule has 0 atom stereocenters. The van der Waals surface area contributed by atoms with Crippen LogP contribution in [0.4, 0.5) is 18.9 Å². The van der Waals surface area contributed by atoms with Crippen molar-refractivity contribution in [1.82, 2.24) is 20.1 Å². The lowest BCUT2D eigenvalue weighted by molar-refractivity contribution is -0.137. The third-order valence-electron chi connectivity index (χ3n) is 5.39. The van der Waals surface area contributed by atoms with Gasteiger partial charge in [-0.3, -0.25) is 14.2 Å². The summed E-state index contributed by atoms with van der Waals surface area (Å²) in [5, 5.41) is 14.0. The van der Waals surface area contributed by atoms with Gasteiger partial charge in [-0.15, -0.1) is 10.2 Å². The third kappa shape index (κ3) is 6.89. The van der Waals surface area contributed by atoms with E-state index in [-0.39, 0.29) is 29.0 Å². The van der Waals surface area contributed by atoms with Crippen molar-refractivity contribution in [3.63, 3.8) is 0 Å². The van der Waals surface area contributed by atoms with E-state index in [9.17, 15) is 22.8 Å². The zero-order valence-electron chi connectivity index (χ0n) is 20.3. The minimum absolute atomic E-state index is 0.0190. The van der Waals surface area contributed by atoms with Crippen molar-refractivity contribution in [1.29, 1.82) is 0 Å². The Morgan fingerprint density at radius 3 is 2.38 bits per heavy atom. The van der Waals surface area contributed by atoms with Gasteiger partial charge in [0.2, 0.25) is 5.91 Å². The van der Waals surface area contributed by atoms with Gasteiger partial charge in [0.05, 0.1) is 41.4 Å². The van der Waals surface area contributed by atoms with Crippen LogP contribution in [0.1, 0.15) is 21.7 Å². The summed E-state index contributed by atoms with van der Waals surface area (Å²) in [7, 11) is 1.53. The molecule has 2 amide bonds. The van der Waals surface area contributed by atoms with Gasteiger partial charge in [-0.2, -0.15) is 13.2 Å². The summed E-state index contributed by atoms with van der Waals surface area (Å²) in [6.45, 7) is -0.0190. The molecule has 0 bridgehead atoms. The maximum atomic E-state index is 13.3. The number of methoxy groups -OCH3 is 1. The third-order valence-corrected chi connectivity index (χ3v) is 6.64. The number of nitrogens with zero attached hydrogens (tertiary/aromatic N) is 3. The second-order valence-electron chi connectivity index (χ2n) is 7.98. The molecule has 0 aliphatic rings. The summed E-state index contributed by atoms with van der Waals surface area (Å²) in [4.78, 5) is 25.2. The highest BCUT2D eigenvalue weighted by molar-refractivity contribution is 7.99. The smallest absolute Gasteiger partial charge is 0.418 e. The first-order valence-corrected chi connectivity index (χ1v) is 12.7. The van der Waals surface area contributed by atoms with Crippen LogP contribution < -0.4 is 15.4 Å². The number of benzene rings is 3. The molecular formula is C26H21ClF3N5O3S. The summed E-state index contributed by atoms with van der Waals surface area (Å²) >= 11 is 7.36. The van der Waals surface area contributed by atoms with Crippen LogP contribution in [0.5, 0.6) is 5.75 Å². The van der Waals surface area contributed by atoms with Crippen LogP contribution in [0.25, 0.3) is 5.69 Å². The van der Waals surface area contributed by atoms with Crippen molar-refractivity contribution in [3.05, 3.63) is 94.8 Å². The van der Waals surface area contributed by atoms with Crippen LogP contribution in [-0.4, -0.2) is 39.4 Å². The Kier molecular flexibility index (Phi) is 8.77. The second-order valence-corrected chi connectivity index (χ2v) is 9.33. The van der Waals surface area contributed by atoms with Crippen molar-refractivity contribution in [2.75, 3.05) is 18.2 Å². The molecule has 1 aromatic heterocycles. The van der Waals surface area contributed by atoms with Crippen LogP contribution >= 0.6 is 23.4 Å². The van der Waals surface area contributed by atoms with Gasteiger partial charge in [-0.05, 0) is 48.5 Å². The lowest BCUT2D eigenvalue weighted by Crippen LogP contribution is -2.24. The first-order valence-electron chi connectivity index (χ1n) is 11.4. The number of halogens is 4. The number of thioether (sulfide) groups is 1. The van der Waals surface area contributed by atoms with E-state index in [1.807, 2.05) is 0 Å². The summed E-state index contributed by atoms with van der Waals surface area (Å²) in [5.41, 5.74) is -0.379. The highest BCUT2D eigenvalue weighted by atomic mass is 35.5. The van der Waals surface area contributed by atoms with Gasteiger partial charge in [-0.1, -0.05) is 47.6 Å². The maximum absolute atomic E-state index is 13.3. The Labute approximate surface area is 230 Å². The molecule has 1 heterocycles. The van der Waals surface area contributed by atoms with E-state index in [1.165, 1.54) is 25.3 Å². The second kappa shape index (κ2) is 12.2. The summed E-state index contributed by atoms with van der Waals surface area (Å²) in [6.07, 6.45) is -4.62. The molecule has 13 heteroatoms. The minimum Gasteiger partial charge on any atom is -0.497 e. The molecule has 0 fully saturated rings. The molecule has 3 aromatic carbocycles. The average Bonchev–Trinajstić information content (AvgIpc) is 3.33. The van der Waals surface area contributed by atoms with Crippen molar-refractivity contribution >= 4 is 40.9 Å². The number of anilines is 1. The van der Waals surface area contributed by atoms with Gasteiger partial charge in [-0.25, -0.2) is 0 Å². The molecule has 4 aromatic rings. The Morgan fingerprint density at radius 1 is 1.00 bits per heavy atom. The van der Waals surface area contributed by atoms with Gasteiger partial charge < -0.3 is 15.4 Å². The van der Waals surface area contributed by atoms with Crippen molar-refractivity contribution < 1.29 is 27.5 Å². The lowest BCUT2D eigenvalue weighted by Gasteiger charge is -2.14. The van der Waals surface area contributed by atoms with Crippen LogP contribution in [0.3, 0.4) is 0 Å². The average molecular weight is 576 g/mol. The molecule has 2 N–H and O–H groups in total. The van der Waals surface area contributed by atoms with Crippen molar-refractivity contribution in [3.8, 4) is 11.4 Å². The Balaban J connectivity index is 1.51. The molecular weight excluding hydrogens is 555 g/mol. The number of rotatable bonds is 9.